The molecule has 7 heteroatoms. The summed E-state index contributed by atoms with van der Waals surface area (Å²) in [6, 6.07) is 14.4. The number of hydrogen-bond acceptors (Lipinski definition) is 5. The number of ether oxygens (including phenoxy) is 2. The van der Waals surface area contributed by atoms with Crippen molar-refractivity contribution in [2.24, 2.45) is 0 Å². The van der Waals surface area contributed by atoms with Gasteiger partial charge in [0.2, 0.25) is 0 Å². The molecule has 0 amide bonds. The molecule has 0 aliphatic rings. The van der Waals surface area contributed by atoms with Crippen LogP contribution in [0.5, 0.6) is 5.75 Å². The SMILES string of the molecule is COc1ccc(COCC(O)Cn2cc(C)n(-c3ccc(C(C)=O)cc3)c2=O)cc1. The molecule has 0 bridgehead atoms. The summed E-state index contributed by atoms with van der Waals surface area (Å²) in [6.45, 7) is 3.92. The van der Waals surface area contributed by atoms with Crippen LogP contribution in [0, 0.1) is 6.92 Å². The van der Waals surface area contributed by atoms with Gasteiger partial charge in [-0.1, -0.05) is 12.1 Å². The lowest BCUT2D eigenvalue weighted by molar-refractivity contribution is 0.0199. The highest BCUT2D eigenvalue weighted by Gasteiger charge is 2.14. The summed E-state index contributed by atoms with van der Waals surface area (Å²) in [7, 11) is 1.61. The fourth-order valence-electron chi connectivity index (χ4n) is 3.22. The molecule has 3 rings (SSSR count). The Bertz CT molecular complexity index is 1050. The van der Waals surface area contributed by atoms with Crippen molar-refractivity contribution in [3.8, 4) is 11.4 Å². The molecule has 1 N–H and O–H groups in total. The minimum absolute atomic E-state index is 0.0269. The van der Waals surface area contributed by atoms with Crippen LogP contribution in [0.3, 0.4) is 0 Å². The average molecular weight is 410 g/mol. The predicted octanol–water partition coefficient (Wildman–Crippen LogP) is 2.74. The number of aliphatic hydroxyl groups is 1. The normalized spacial score (nSPS) is 12.0. The van der Waals surface area contributed by atoms with Crippen LogP contribution >= 0.6 is 0 Å². The van der Waals surface area contributed by atoms with Crippen molar-refractivity contribution < 1.29 is 19.4 Å². The summed E-state index contributed by atoms with van der Waals surface area (Å²) >= 11 is 0. The third-order valence-electron chi connectivity index (χ3n) is 4.81. The summed E-state index contributed by atoms with van der Waals surface area (Å²) in [5, 5.41) is 10.3. The zero-order valence-electron chi connectivity index (χ0n) is 17.4. The number of imidazole rings is 1. The van der Waals surface area contributed by atoms with E-state index in [2.05, 4.69) is 0 Å². The minimum atomic E-state index is -0.823. The van der Waals surface area contributed by atoms with Crippen LogP contribution in [-0.2, 0) is 17.9 Å². The Kier molecular flexibility index (Phi) is 6.87. The van der Waals surface area contributed by atoms with Crippen molar-refractivity contribution >= 4 is 5.78 Å². The predicted molar refractivity (Wildman–Crippen MR) is 113 cm³/mol. The largest absolute Gasteiger partial charge is 0.497 e. The Morgan fingerprint density at radius 2 is 1.77 bits per heavy atom. The Labute approximate surface area is 175 Å². The van der Waals surface area contributed by atoms with Gasteiger partial charge in [0.05, 0.1) is 38.7 Å². The van der Waals surface area contributed by atoms with E-state index in [1.807, 2.05) is 31.2 Å². The average Bonchev–Trinajstić information content (AvgIpc) is 3.01. The Balaban J connectivity index is 1.61. The van der Waals surface area contributed by atoms with Crippen LogP contribution in [0.25, 0.3) is 5.69 Å². The van der Waals surface area contributed by atoms with Gasteiger partial charge in [0, 0.05) is 17.5 Å². The van der Waals surface area contributed by atoms with Crippen LogP contribution in [-0.4, -0.2) is 39.8 Å². The number of carbonyl (C=O) groups excluding carboxylic acids is 1. The number of aromatic nitrogens is 2. The molecule has 30 heavy (non-hydrogen) atoms. The van der Waals surface area contributed by atoms with Gasteiger partial charge >= 0.3 is 5.69 Å². The number of aryl methyl sites for hydroxylation is 1. The van der Waals surface area contributed by atoms with Crippen molar-refractivity contribution in [3.63, 3.8) is 0 Å². The fraction of sp³-hybridized carbons (Fsp3) is 0.304. The number of hydrogen-bond donors (Lipinski definition) is 1. The van der Waals surface area contributed by atoms with E-state index in [0.717, 1.165) is 17.0 Å². The van der Waals surface area contributed by atoms with Crippen molar-refractivity contribution in [1.82, 2.24) is 9.13 Å². The minimum Gasteiger partial charge on any atom is -0.497 e. The zero-order chi connectivity index (χ0) is 21.7. The highest BCUT2D eigenvalue weighted by Crippen LogP contribution is 2.13. The van der Waals surface area contributed by atoms with Gasteiger partial charge < -0.3 is 14.6 Å². The van der Waals surface area contributed by atoms with Gasteiger partial charge in [-0.25, -0.2) is 4.79 Å². The molecule has 1 heterocycles. The Morgan fingerprint density at radius 1 is 1.10 bits per heavy atom. The number of benzene rings is 2. The molecule has 0 saturated heterocycles. The standard InChI is InChI=1S/C23H26N2O5/c1-16-12-24(23(28)25(16)20-8-6-19(7-9-20)17(2)26)13-21(27)15-30-14-18-4-10-22(29-3)11-5-18/h4-12,21,27H,13-15H2,1-3H3. The first-order valence-corrected chi connectivity index (χ1v) is 9.68. The van der Waals surface area contributed by atoms with E-state index in [4.69, 9.17) is 9.47 Å². The monoisotopic (exact) mass is 410 g/mol. The van der Waals surface area contributed by atoms with Gasteiger partial charge in [0.15, 0.2) is 5.78 Å². The highest BCUT2D eigenvalue weighted by molar-refractivity contribution is 5.94. The fourth-order valence-corrected chi connectivity index (χ4v) is 3.22. The van der Waals surface area contributed by atoms with Gasteiger partial charge in [-0.2, -0.15) is 0 Å². The first-order chi connectivity index (χ1) is 14.4. The number of aliphatic hydroxyl groups excluding tert-OH is 1. The smallest absolute Gasteiger partial charge is 0.333 e. The Morgan fingerprint density at radius 3 is 2.37 bits per heavy atom. The lowest BCUT2D eigenvalue weighted by Crippen LogP contribution is -2.30. The number of methoxy groups -OCH3 is 1. The van der Waals surface area contributed by atoms with E-state index < -0.39 is 6.10 Å². The van der Waals surface area contributed by atoms with Gasteiger partial charge in [-0.3, -0.25) is 13.9 Å². The molecule has 0 aliphatic heterocycles. The summed E-state index contributed by atoms with van der Waals surface area (Å²) < 4.78 is 13.7. The molecule has 0 radical (unpaired) electrons. The molecule has 0 fully saturated rings. The zero-order valence-corrected chi connectivity index (χ0v) is 17.4. The van der Waals surface area contributed by atoms with Gasteiger partial charge in [-0.15, -0.1) is 0 Å². The van der Waals surface area contributed by atoms with Crippen LogP contribution in [0.1, 0.15) is 28.5 Å². The summed E-state index contributed by atoms with van der Waals surface area (Å²) in [5.74, 6) is 0.745. The van der Waals surface area contributed by atoms with Crippen LogP contribution < -0.4 is 10.4 Å². The molecule has 158 valence electrons. The third-order valence-corrected chi connectivity index (χ3v) is 4.81. The lowest BCUT2D eigenvalue weighted by atomic mass is 10.1. The molecule has 2 aromatic carbocycles. The van der Waals surface area contributed by atoms with Gasteiger partial charge in [-0.05, 0) is 55.8 Å². The van der Waals surface area contributed by atoms with E-state index in [1.54, 1.807) is 42.1 Å². The maximum atomic E-state index is 12.8. The number of carbonyl (C=O) groups is 1. The number of Topliss-reactive ketones (excluding diaryl/α,β-unsaturated/α-hetero) is 1. The molecule has 3 aromatic rings. The number of ketones is 1. The second kappa shape index (κ2) is 9.56. The van der Waals surface area contributed by atoms with E-state index >= 15 is 0 Å². The summed E-state index contributed by atoms with van der Waals surface area (Å²) in [4.78, 5) is 24.2. The quantitative estimate of drug-likeness (QED) is 0.549. The van der Waals surface area contributed by atoms with Crippen molar-refractivity contribution in [3.05, 3.63) is 82.0 Å². The van der Waals surface area contributed by atoms with Crippen LogP contribution in [0.2, 0.25) is 0 Å². The van der Waals surface area contributed by atoms with Crippen molar-refractivity contribution in [2.75, 3.05) is 13.7 Å². The first-order valence-electron chi connectivity index (χ1n) is 9.68. The van der Waals surface area contributed by atoms with Crippen molar-refractivity contribution in [2.45, 2.75) is 33.1 Å². The number of nitrogens with zero attached hydrogens (tertiary/aromatic N) is 2. The summed E-state index contributed by atoms with van der Waals surface area (Å²) in [5.41, 5.74) is 2.72. The summed E-state index contributed by atoms with van der Waals surface area (Å²) in [6.07, 6.45) is 0.879. The highest BCUT2D eigenvalue weighted by atomic mass is 16.5. The van der Waals surface area contributed by atoms with Crippen molar-refractivity contribution in [1.29, 1.82) is 0 Å². The van der Waals surface area contributed by atoms with Gasteiger partial charge in [0.1, 0.15) is 5.75 Å². The van der Waals surface area contributed by atoms with E-state index in [-0.39, 0.29) is 24.6 Å². The molecule has 0 aliphatic carbocycles. The number of rotatable bonds is 9. The molecule has 1 aromatic heterocycles. The molecule has 0 spiro atoms. The maximum absolute atomic E-state index is 12.8. The van der Waals surface area contributed by atoms with E-state index in [9.17, 15) is 14.7 Å². The molecule has 0 saturated carbocycles. The van der Waals surface area contributed by atoms with E-state index in [1.165, 1.54) is 11.5 Å². The second-order valence-electron chi connectivity index (χ2n) is 7.16. The van der Waals surface area contributed by atoms with E-state index in [0.29, 0.717) is 17.9 Å². The van der Waals surface area contributed by atoms with Crippen LogP contribution in [0.4, 0.5) is 0 Å². The lowest BCUT2D eigenvalue weighted by Gasteiger charge is -2.12. The molecule has 1 unspecified atom stereocenters. The second-order valence-corrected chi connectivity index (χ2v) is 7.16. The molecular weight excluding hydrogens is 384 g/mol. The third kappa shape index (κ3) is 5.06. The first kappa shape index (κ1) is 21.5. The molecule has 7 nitrogen and oxygen atoms in total. The van der Waals surface area contributed by atoms with Crippen LogP contribution in [0.15, 0.2) is 59.5 Å². The molecular formula is C23H26N2O5. The maximum Gasteiger partial charge on any atom is 0.333 e. The molecule has 1 atom stereocenters. The topological polar surface area (TPSA) is 82.7 Å². The Hall–Kier alpha value is -3.16. The van der Waals surface area contributed by atoms with Gasteiger partial charge in [0.25, 0.3) is 0 Å².